The first kappa shape index (κ1) is 16.8. The number of hydrogen-bond donors (Lipinski definition) is 1. The van der Waals surface area contributed by atoms with E-state index in [1.165, 1.54) is 0 Å². The molecule has 21 heavy (non-hydrogen) atoms. The second kappa shape index (κ2) is 8.84. The summed E-state index contributed by atoms with van der Waals surface area (Å²) < 4.78 is 15.6. The van der Waals surface area contributed by atoms with Crippen LogP contribution in [0.5, 0.6) is 11.5 Å². The van der Waals surface area contributed by atoms with Gasteiger partial charge >= 0.3 is 5.97 Å². The van der Waals surface area contributed by atoms with E-state index in [4.69, 9.17) is 14.2 Å². The number of carbonyl (C=O) groups is 2. The van der Waals surface area contributed by atoms with E-state index in [0.29, 0.717) is 30.3 Å². The molecule has 1 amide bonds. The molecule has 6 nitrogen and oxygen atoms in total. The second-order valence-electron chi connectivity index (χ2n) is 4.02. The minimum Gasteiger partial charge on any atom is -0.490 e. The second-order valence-corrected chi connectivity index (χ2v) is 4.02. The summed E-state index contributed by atoms with van der Waals surface area (Å²) in [6.45, 7) is 6.53. The summed E-state index contributed by atoms with van der Waals surface area (Å²) in [6.07, 6.45) is 0. The van der Waals surface area contributed by atoms with E-state index in [1.54, 1.807) is 25.1 Å². The molecule has 0 saturated heterocycles. The van der Waals surface area contributed by atoms with E-state index in [-0.39, 0.29) is 19.1 Å². The maximum atomic E-state index is 12.0. The summed E-state index contributed by atoms with van der Waals surface area (Å²) in [4.78, 5) is 23.2. The monoisotopic (exact) mass is 295 g/mol. The molecule has 1 N–H and O–H groups in total. The smallest absolute Gasteiger partial charge is 0.325 e. The Morgan fingerprint density at radius 2 is 1.67 bits per heavy atom. The SMILES string of the molecule is CCOC(=O)CNC(=O)c1ccc(OCC)c(OCC)c1. The Hall–Kier alpha value is -2.24. The van der Waals surface area contributed by atoms with Crippen LogP contribution in [-0.4, -0.2) is 38.2 Å². The van der Waals surface area contributed by atoms with Crippen LogP contribution in [0.15, 0.2) is 18.2 Å². The van der Waals surface area contributed by atoms with Crippen molar-refractivity contribution >= 4 is 11.9 Å². The highest BCUT2D eigenvalue weighted by atomic mass is 16.5. The van der Waals surface area contributed by atoms with Crippen molar-refractivity contribution in [2.24, 2.45) is 0 Å². The Labute approximate surface area is 124 Å². The standard InChI is InChI=1S/C15H21NO5/c1-4-19-12-8-7-11(9-13(12)20-5-2)15(18)16-10-14(17)21-6-3/h7-9H,4-6,10H2,1-3H3,(H,16,18). The number of hydrogen-bond acceptors (Lipinski definition) is 5. The maximum Gasteiger partial charge on any atom is 0.325 e. The predicted molar refractivity (Wildman–Crippen MR) is 77.7 cm³/mol. The molecule has 0 atom stereocenters. The highest BCUT2D eigenvalue weighted by molar-refractivity contribution is 5.96. The summed E-state index contributed by atoms with van der Waals surface area (Å²) in [5.74, 6) is 0.248. The van der Waals surface area contributed by atoms with Crippen LogP contribution in [0.25, 0.3) is 0 Å². The predicted octanol–water partition coefficient (Wildman–Crippen LogP) is 1.78. The zero-order valence-corrected chi connectivity index (χ0v) is 12.6. The fourth-order valence-corrected chi connectivity index (χ4v) is 1.66. The van der Waals surface area contributed by atoms with Gasteiger partial charge in [0.05, 0.1) is 19.8 Å². The molecule has 0 heterocycles. The van der Waals surface area contributed by atoms with E-state index in [2.05, 4.69) is 5.32 Å². The molecular formula is C15H21NO5. The molecule has 0 unspecified atom stereocenters. The summed E-state index contributed by atoms with van der Waals surface area (Å²) in [5.41, 5.74) is 0.395. The summed E-state index contributed by atoms with van der Waals surface area (Å²) in [6, 6.07) is 4.89. The van der Waals surface area contributed by atoms with Gasteiger partial charge in [-0.25, -0.2) is 0 Å². The van der Waals surface area contributed by atoms with Crippen LogP contribution in [0.4, 0.5) is 0 Å². The molecule has 6 heteroatoms. The van der Waals surface area contributed by atoms with Gasteiger partial charge in [0, 0.05) is 5.56 Å². The van der Waals surface area contributed by atoms with Gasteiger partial charge in [-0.15, -0.1) is 0 Å². The molecule has 1 aromatic carbocycles. The molecule has 1 aromatic rings. The van der Waals surface area contributed by atoms with Crippen molar-refractivity contribution in [3.8, 4) is 11.5 Å². The summed E-state index contributed by atoms with van der Waals surface area (Å²) >= 11 is 0. The summed E-state index contributed by atoms with van der Waals surface area (Å²) in [5, 5.41) is 2.49. The fourth-order valence-electron chi connectivity index (χ4n) is 1.66. The average Bonchev–Trinajstić information content (AvgIpc) is 2.47. The molecule has 0 fully saturated rings. The molecular weight excluding hydrogens is 274 g/mol. The number of ether oxygens (including phenoxy) is 3. The van der Waals surface area contributed by atoms with Gasteiger partial charge in [0.15, 0.2) is 11.5 Å². The third-order valence-corrected chi connectivity index (χ3v) is 2.50. The summed E-state index contributed by atoms with van der Waals surface area (Å²) in [7, 11) is 0. The number of carbonyl (C=O) groups excluding carboxylic acids is 2. The zero-order chi connectivity index (χ0) is 15.7. The normalized spacial score (nSPS) is 9.86. The molecule has 0 aromatic heterocycles. The minimum absolute atomic E-state index is 0.163. The van der Waals surface area contributed by atoms with E-state index in [0.717, 1.165) is 0 Å². The van der Waals surface area contributed by atoms with Crippen LogP contribution >= 0.6 is 0 Å². The van der Waals surface area contributed by atoms with Crippen molar-refractivity contribution in [3.05, 3.63) is 23.8 Å². The van der Waals surface area contributed by atoms with E-state index < -0.39 is 5.97 Å². The number of rotatable bonds is 8. The van der Waals surface area contributed by atoms with Crippen LogP contribution in [0.2, 0.25) is 0 Å². The molecule has 0 aliphatic rings. The Morgan fingerprint density at radius 1 is 1.00 bits per heavy atom. The molecule has 116 valence electrons. The first-order valence-corrected chi connectivity index (χ1v) is 6.95. The first-order valence-electron chi connectivity index (χ1n) is 6.95. The van der Waals surface area contributed by atoms with Crippen LogP contribution in [-0.2, 0) is 9.53 Å². The van der Waals surface area contributed by atoms with Crippen LogP contribution in [0, 0.1) is 0 Å². The Balaban J connectivity index is 2.75. The van der Waals surface area contributed by atoms with Gasteiger partial charge < -0.3 is 19.5 Å². The zero-order valence-electron chi connectivity index (χ0n) is 12.6. The van der Waals surface area contributed by atoms with Crippen LogP contribution < -0.4 is 14.8 Å². The van der Waals surface area contributed by atoms with Gasteiger partial charge in [0.25, 0.3) is 5.91 Å². The molecule has 0 saturated carbocycles. The fraction of sp³-hybridized carbons (Fsp3) is 0.467. The Morgan fingerprint density at radius 3 is 2.29 bits per heavy atom. The van der Waals surface area contributed by atoms with Gasteiger partial charge in [0.1, 0.15) is 6.54 Å². The molecule has 0 spiro atoms. The van der Waals surface area contributed by atoms with Crippen molar-refractivity contribution < 1.29 is 23.8 Å². The van der Waals surface area contributed by atoms with Gasteiger partial charge in [-0.1, -0.05) is 0 Å². The largest absolute Gasteiger partial charge is 0.490 e. The number of nitrogens with one attached hydrogen (secondary N) is 1. The van der Waals surface area contributed by atoms with Crippen molar-refractivity contribution in [2.45, 2.75) is 20.8 Å². The highest BCUT2D eigenvalue weighted by Gasteiger charge is 2.12. The molecule has 0 radical (unpaired) electrons. The molecule has 0 bridgehead atoms. The first-order chi connectivity index (χ1) is 10.1. The topological polar surface area (TPSA) is 73.9 Å². The quantitative estimate of drug-likeness (QED) is 0.740. The van der Waals surface area contributed by atoms with Gasteiger partial charge in [-0.05, 0) is 39.0 Å². The van der Waals surface area contributed by atoms with E-state index >= 15 is 0 Å². The number of esters is 1. The third kappa shape index (κ3) is 5.33. The minimum atomic E-state index is -0.471. The lowest BCUT2D eigenvalue weighted by Crippen LogP contribution is -2.30. The molecule has 1 rings (SSSR count). The van der Waals surface area contributed by atoms with E-state index in [1.807, 2.05) is 13.8 Å². The molecule has 0 aliphatic heterocycles. The Kier molecular flexibility index (Phi) is 7.08. The average molecular weight is 295 g/mol. The Bertz CT molecular complexity index is 487. The van der Waals surface area contributed by atoms with Crippen molar-refractivity contribution in [1.29, 1.82) is 0 Å². The maximum absolute atomic E-state index is 12.0. The lowest BCUT2D eigenvalue weighted by Gasteiger charge is -2.12. The number of amides is 1. The van der Waals surface area contributed by atoms with Crippen LogP contribution in [0.1, 0.15) is 31.1 Å². The van der Waals surface area contributed by atoms with Gasteiger partial charge in [-0.3, -0.25) is 9.59 Å². The number of benzene rings is 1. The lowest BCUT2D eigenvalue weighted by molar-refractivity contribution is -0.141. The van der Waals surface area contributed by atoms with E-state index in [9.17, 15) is 9.59 Å². The van der Waals surface area contributed by atoms with Crippen molar-refractivity contribution in [2.75, 3.05) is 26.4 Å². The highest BCUT2D eigenvalue weighted by Crippen LogP contribution is 2.28. The lowest BCUT2D eigenvalue weighted by atomic mass is 10.2. The van der Waals surface area contributed by atoms with Crippen molar-refractivity contribution in [3.63, 3.8) is 0 Å². The van der Waals surface area contributed by atoms with Gasteiger partial charge in [-0.2, -0.15) is 0 Å². The molecule has 0 aliphatic carbocycles. The van der Waals surface area contributed by atoms with Crippen molar-refractivity contribution in [1.82, 2.24) is 5.32 Å². The third-order valence-electron chi connectivity index (χ3n) is 2.50. The van der Waals surface area contributed by atoms with Gasteiger partial charge in [0.2, 0.25) is 0 Å². The van der Waals surface area contributed by atoms with Crippen LogP contribution in [0.3, 0.4) is 0 Å².